The van der Waals surface area contributed by atoms with Crippen LogP contribution in [0.4, 0.5) is 11.6 Å². The molecule has 7 rings (SSSR count). The fraction of sp³-hybridized carbons (Fsp3) is 0.345. The number of nitrogens with one attached hydrogen (secondary N) is 3. The summed E-state index contributed by atoms with van der Waals surface area (Å²) in [6, 6.07) is 13.6. The number of nitrogen functional groups attached to an aromatic ring is 1. The molecule has 4 unspecified atom stereocenters. The maximum Gasteiger partial charge on any atom is 0.256 e. The first kappa shape index (κ1) is 23.8. The number of amides is 1. The van der Waals surface area contributed by atoms with E-state index in [4.69, 9.17) is 16.0 Å². The lowest BCUT2D eigenvalue weighted by Crippen LogP contribution is -2.35. The minimum atomic E-state index is -0.304. The van der Waals surface area contributed by atoms with Crippen molar-refractivity contribution >= 4 is 23.1 Å². The zero-order valence-corrected chi connectivity index (χ0v) is 21.3. The van der Waals surface area contributed by atoms with Crippen molar-refractivity contribution in [3.63, 3.8) is 0 Å². The molecule has 1 amide bonds. The van der Waals surface area contributed by atoms with Gasteiger partial charge in [0.2, 0.25) is 0 Å². The van der Waals surface area contributed by atoms with Gasteiger partial charge in [-0.2, -0.15) is 5.26 Å². The number of nitrogens with zero attached hydrogens (tertiary/aromatic N) is 5. The number of fused-ring (bicyclic) bond motifs is 2. The number of nitriles is 1. The van der Waals surface area contributed by atoms with Crippen LogP contribution < -0.4 is 21.9 Å². The topological polar surface area (TPSA) is 146 Å². The van der Waals surface area contributed by atoms with Gasteiger partial charge in [-0.15, -0.1) is 0 Å². The van der Waals surface area contributed by atoms with Gasteiger partial charge in [-0.05, 0) is 68.2 Å². The molecule has 3 aliphatic rings. The lowest BCUT2D eigenvalue weighted by atomic mass is 9.74. The highest BCUT2D eigenvalue weighted by molar-refractivity contribution is 6.04. The second kappa shape index (κ2) is 9.45. The number of imidazole rings is 1. The number of anilines is 2. The van der Waals surface area contributed by atoms with E-state index < -0.39 is 0 Å². The van der Waals surface area contributed by atoms with Gasteiger partial charge in [0.1, 0.15) is 28.7 Å². The van der Waals surface area contributed by atoms with E-state index in [1.807, 2.05) is 24.4 Å². The van der Waals surface area contributed by atoms with Crippen LogP contribution in [0.2, 0.25) is 0 Å². The largest absolute Gasteiger partial charge is 0.382 e. The van der Waals surface area contributed by atoms with Gasteiger partial charge in [0.05, 0.1) is 11.6 Å². The van der Waals surface area contributed by atoms with Crippen molar-refractivity contribution < 1.29 is 4.79 Å². The van der Waals surface area contributed by atoms with Gasteiger partial charge < -0.3 is 11.1 Å². The number of hydrazine groups is 1. The molecule has 0 spiro atoms. The second-order valence-electron chi connectivity index (χ2n) is 10.9. The molecular formula is C29H29N9O. The third-order valence-electron chi connectivity index (χ3n) is 8.45. The molecule has 1 aliphatic heterocycles. The summed E-state index contributed by atoms with van der Waals surface area (Å²) in [4.78, 5) is 26.5. The Kier molecular flexibility index (Phi) is 5.76. The number of nitrogens with two attached hydrogens (primary N) is 1. The Bertz CT molecular complexity index is 1600. The molecule has 4 aromatic rings. The van der Waals surface area contributed by atoms with Gasteiger partial charge in [0, 0.05) is 47.7 Å². The van der Waals surface area contributed by atoms with Gasteiger partial charge in [-0.1, -0.05) is 12.1 Å². The Morgan fingerprint density at radius 3 is 2.72 bits per heavy atom. The number of carbonyl (C=O) groups is 1. The summed E-state index contributed by atoms with van der Waals surface area (Å²) in [5, 5.41) is 11.8. The van der Waals surface area contributed by atoms with Crippen LogP contribution in [-0.2, 0) is 0 Å². The Labute approximate surface area is 225 Å². The first-order chi connectivity index (χ1) is 19.1. The van der Waals surface area contributed by atoms with Gasteiger partial charge in [-0.25, -0.2) is 15.0 Å². The molecule has 4 heterocycles. The molecule has 0 radical (unpaired) electrons. The number of aromatic nitrogens is 4. The average molecular weight is 520 g/mol. The number of hydrogen-bond donors (Lipinski definition) is 4. The fourth-order valence-corrected chi connectivity index (χ4v) is 6.36. The van der Waals surface area contributed by atoms with Crippen molar-refractivity contribution in [1.29, 1.82) is 5.26 Å². The fourth-order valence-electron chi connectivity index (χ4n) is 6.36. The summed E-state index contributed by atoms with van der Waals surface area (Å²) in [7, 11) is 0. The van der Waals surface area contributed by atoms with E-state index in [2.05, 4.69) is 30.5 Å². The second-order valence-corrected chi connectivity index (χ2v) is 10.9. The zero-order chi connectivity index (χ0) is 26.5. The van der Waals surface area contributed by atoms with E-state index >= 15 is 0 Å². The molecule has 3 fully saturated rings. The molecule has 10 heteroatoms. The van der Waals surface area contributed by atoms with Crippen LogP contribution in [0.3, 0.4) is 0 Å². The number of hydrogen-bond acceptors (Lipinski definition) is 8. The minimum Gasteiger partial charge on any atom is -0.382 e. The van der Waals surface area contributed by atoms with Crippen LogP contribution in [-0.4, -0.2) is 37.3 Å². The van der Waals surface area contributed by atoms with Crippen molar-refractivity contribution in [3.05, 3.63) is 71.9 Å². The van der Waals surface area contributed by atoms with E-state index in [-0.39, 0.29) is 5.91 Å². The van der Waals surface area contributed by atoms with E-state index in [0.717, 1.165) is 47.8 Å². The summed E-state index contributed by atoms with van der Waals surface area (Å²) in [6.45, 7) is 0. The summed E-state index contributed by atoms with van der Waals surface area (Å²) in [5.41, 5.74) is 16.9. The normalized spacial score (nSPS) is 24.3. The summed E-state index contributed by atoms with van der Waals surface area (Å²) < 4.78 is 2.11. The molecule has 1 aromatic carbocycles. The molecule has 4 atom stereocenters. The van der Waals surface area contributed by atoms with Crippen molar-refractivity contribution in [1.82, 2.24) is 30.2 Å². The SMILES string of the molecule is N#Cc1ccnc(NC(=O)c2ccc(-c3nc(C4CCC5NNC(C6CC6)C5C4)n4ccnc(N)c34)cc2)c1. The van der Waals surface area contributed by atoms with Crippen LogP contribution in [0.5, 0.6) is 0 Å². The van der Waals surface area contributed by atoms with Crippen LogP contribution in [0, 0.1) is 23.2 Å². The van der Waals surface area contributed by atoms with E-state index in [1.165, 1.54) is 19.0 Å². The third-order valence-corrected chi connectivity index (χ3v) is 8.45. The Balaban J connectivity index is 1.17. The summed E-state index contributed by atoms with van der Waals surface area (Å²) in [6.07, 6.45) is 11.1. The van der Waals surface area contributed by atoms with Crippen LogP contribution in [0.15, 0.2) is 55.0 Å². The first-order valence-corrected chi connectivity index (χ1v) is 13.5. The molecule has 2 aliphatic carbocycles. The van der Waals surface area contributed by atoms with Crippen molar-refractivity contribution in [2.45, 2.75) is 50.1 Å². The highest BCUT2D eigenvalue weighted by Gasteiger charge is 2.47. The third kappa shape index (κ3) is 4.30. The van der Waals surface area contributed by atoms with Crippen molar-refractivity contribution in [2.75, 3.05) is 11.1 Å². The number of pyridine rings is 1. The van der Waals surface area contributed by atoms with Crippen LogP contribution in [0.1, 0.15) is 59.8 Å². The van der Waals surface area contributed by atoms with Gasteiger partial charge in [-0.3, -0.25) is 20.0 Å². The predicted molar refractivity (Wildman–Crippen MR) is 146 cm³/mol. The quantitative estimate of drug-likeness (QED) is 0.313. The van der Waals surface area contributed by atoms with Crippen molar-refractivity contribution in [2.24, 2.45) is 11.8 Å². The molecule has 39 heavy (non-hydrogen) atoms. The van der Waals surface area contributed by atoms with Crippen molar-refractivity contribution in [3.8, 4) is 17.3 Å². The van der Waals surface area contributed by atoms with Gasteiger partial charge in [0.15, 0.2) is 0 Å². The highest BCUT2D eigenvalue weighted by Crippen LogP contribution is 2.46. The van der Waals surface area contributed by atoms with E-state index in [1.54, 1.807) is 30.5 Å². The Morgan fingerprint density at radius 2 is 1.92 bits per heavy atom. The molecule has 5 N–H and O–H groups in total. The predicted octanol–water partition coefficient (Wildman–Crippen LogP) is 3.64. The lowest BCUT2D eigenvalue weighted by Gasteiger charge is -2.32. The smallest absolute Gasteiger partial charge is 0.256 e. The van der Waals surface area contributed by atoms with E-state index in [0.29, 0.717) is 46.7 Å². The molecular weight excluding hydrogens is 490 g/mol. The molecule has 1 saturated heterocycles. The Morgan fingerprint density at radius 1 is 1.08 bits per heavy atom. The summed E-state index contributed by atoms with van der Waals surface area (Å²) >= 11 is 0. The van der Waals surface area contributed by atoms with Crippen LogP contribution >= 0.6 is 0 Å². The number of carbonyl (C=O) groups excluding carboxylic acids is 1. The van der Waals surface area contributed by atoms with Gasteiger partial charge >= 0.3 is 0 Å². The number of benzene rings is 1. The molecule has 2 saturated carbocycles. The molecule has 196 valence electrons. The summed E-state index contributed by atoms with van der Waals surface area (Å²) in [5.74, 6) is 3.22. The molecule has 10 nitrogen and oxygen atoms in total. The van der Waals surface area contributed by atoms with Gasteiger partial charge in [0.25, 0.3) is 5.91 Å². The zero-order valence-electron chi connectivity index (χ0n) is 21.3. The monoisotopic (exact) mass is 519 g/mol. The first-order valence-electron chi connectivity index (χ1n) is 13.5. The molecule has 3 aromatic heterocycles. The maximum absolute atomic E-state index is 12.8. The minimum absolute atomic E-state index is 0.304. The lowest BCUT2D eigenvalue weighted by molar-refractivity contribution is 0.102. The Hall–Kier alpha value is -4.33. The standard InChI is InChI=1S/C29H29N9O/c30-15-16-9-10-32-23(13-16)34-29(39)19-5-3-18(4-6-19)25-26-27(31)33-11-12-38(26)28(35-25)20-7-8-22-21(14-20)24(37-36-22)17-1-2-17/h3-6,9-13,17,20-22,24,36-37H,1-2,7-8,14H2,(H2,31,33)(H,32,34,39). The molecule has 0 bridgehead atoms. The highest BCUT2D eigenvalue weighted by atomic mass is 16.1. The number of rotatable bonds is 5. The van der Waals surface area contributed by atoms with E-state index in [9.17, 15) is 4.79 Å². The average Bonchev–Trinajstić information content (AvgIpc) is 3.60. The maximum atomic E-state index is 12.8. The van der Waals surface area contributed by atoms with Crippen LogP contribution in [0.25, 0.3) is 16.8 Å².